The molecule has 0 aliphatic rings. The number of H-pyrrole nitrogens is 1. The molecule has 0 aliphatic carbocycles. The Labute approximate surface area is 258 Å². The smallest absolute Gasteiger partial charge is 0.265 e. The Kier molecular flexibility index (Phi) is 9.91. The van der Waals surface area contributed by atoms with Gasteiger partial charge in [0.1, 0.15) is 28.8 Å². The number of hydrogen-bond donors (Lipinski definition) is 3. The third-order valence-electron chi connectivity index (χ3n) is 6.56. The van der Waals surface area contributed by atoms with E-state index in [4.69, 9.17) is 32.7 Å². The van der Waals surface area contributed by atoms with Crippen molar-refractivity contribution in [2.75, 3.05) is 31.9 Å². The van der Waals surface area contributed by atoms with Crippen LogP contribution in [0.2, 0.25) is 10.0 Å². The van der Waals surface area contributed by atoms with Crippen LogP contribution in [0.25, 0.3) is 22.2 Å². The molecule has 0 atom stereocenters. The number of carbonyl (C=O) groups excluding carboxylic acids is 1. The van der Waals surface area contributed by atoms with Gasteiger partial charge in [-0.25, -0.2) is 4.98 Å². The third kappa shape index (κ3) is 6.91. The average molecular weight is 622 g/mol. The summed E-state index contributed by atoms with van der Waals surface area (Å²) in [5, 5.41) is 16.0. The molecule has 2 aromatic heterocycles. The predicted octanol–water partition coefficient (Wildman–Crippen LogP) is 6.18. The molecule has 0 fully saturated rings. The Balaban J connectivity index is 1.72. The first-order valence-electron chi connectivity index (χ1n) is 13.3. The number of rotatable bonds is 10. The van der Waals surface area contributed by atoms with Crippen molar-refractivity contribution >= 4 is 51.8 Å². The van der Waals surface area contributed by atoms with E-state index in [2.05, 4.69) is 25.6 Å². The van der Waals surface area contributed by atoms with E-state index in [1.807, 2.05) is 38.1 Å². The van der Waals surface area contributed by atoms with Crippen molar-refractivity contribution in [3.05, 3.63) is 79.7 Å². The van der Waals surface area contributed by atoms with Gasteiger partial charge in [0.25, 0.3) is 11.5 Å². The van der Waals surface area contributed by atoms with Gasteiger partial charge in [0.15, 0.2) is 0 Å². The lowest BCUT2D eigenvalue weighted by Gasteiger charge is -2.15. The number of halogens is 2. The van der Waals surface area contributed by atoms with Crippen LogP contribution < -0.4 is 25.7 Å². The van der Waals surface area contributed by atoms with Gasteiger partial charge in [-0.3, -0.25) is 9.59 Å². The third-order valence-corrected chi connectivity index (χ3v) is 7.31. The summed E-state index contributed by atoms with van der Waals surface area (Å²) in [5.74, 6) is 0.537. The number of methoxy groups -OCH3 is 2. The minimum atomic E-state index is -0.461. The molecule has 43 heavy (non-hydrogen) atoms. The topological polar surface area (TPSA) is 142 Å². The molecule has 0 saturated heterocycles. The summed E-state index contributed by atoms with van der Waals surface area (Å²) in [4.78, 5) is 37.8. The van der Waals surface area contributed by atoms with Crippen molar-refractivity contribution in [2.45, 2.75) is 26.7 Å². The maximum atomic E-state index is 13.3. The normalized spacial score (nSPS) is 11.4. The second-order valence-corrected chi connectivity index (χ2v) is 10.6. The van der Waals surface area contributed by atoms with Gasteiger partial charge in [-0.05, 0) is 42.5 Å². The van der Waals surface area contributed by atoms with E-state index in [-0.39, 0.29) is 32.7 Å². The molecule has 0 unspecified atom stereocenters. The molecule has 10 nitrogen and oxygen atoms in total. The van der Waals surface area contributed by atoms with E-state index in [0.717, 1.165) is 5.56 Å². The number of aromatic nitrogens is 3. The van der Waals surface area contributed by atoms with Crippen LogP contribution in [0.15, 0.2) is 52.8 Å². The number of nitrogens with zero attached hydrogens (tertiary/aromatic N) is 3. The van der Waals surface area contributed by atoms with Crippen molar-refractivity contribution in [3.63, 3.8) is 0 Å². The zero-order chi connectivity index (χ0) is 31.3. The first-order valence-corrected chi connectivity index (χ1v) is 14.1. The molecular weight excluding hydrogens is 591 g/mol. The summed E-state index contributed by atoms with van der Waals surface area (Å²) in [6.45, 7) is 3.80. The lowest BCUT2D eigenvalue weighted by Crippen LogP contribution is -2.14. The Bertz CT molecular complexity index is 1800. The number of amides is 1. The lowest BCUT2D eigenvalue weighted by atomic mass is 10.0. The summed E-state index contributed by atoms with van der Waals surface area (Å²) in [7, 11) is 4.60. The SMILES string of the molecule is CNc1nc(CCc2cccc(NC(=O)C(C#N)=CC(C)C)c2)c2cc(-c3c(Cl)c(OC)cc(OC)c3Cl)c(=O)[nH]c2n1. The summed E-state index contributed by atoms with van der Waals surface area (Å²) in [6, 6.07) is 12.5. The monoisotopic (exact) mass is 620 g/mol. The average Bonchev–Trinajstić information content (AvgIpc) is 2.99. The molecule has 2 heterocycles. The zero-order valence-electron chi connectivity index (χ0n) is 24.3. The molecule has 2 aromatic carbocycles. The van der Waals surface area contributed by atoms with Crippen LogP contribution in [0.5, 0.6) is 11.5 Å². The number of aryl methyl sites for hydroxylation is 2. The number of ether oxygens (including phenoxy) is 2. The number of nitrogens with one attached hydrogen (secondary N) is 3. The van der Waals surface area contributed by atoms with Gasteiger partial charge in [-0.1, -0.05) is 55.3 Å². The number of carbonyl (C=O) groups is 1. The summed E-state index contributed by atoms with van der Waals surface area (Å²) in [6.07, 6.45) is 2.64. The van der Waals surface area contributed by atoms with Gasteiger partial charge >= 0.3 is 0 Å². The van der Waals surface area contributed by atoms with E-state index in [1.165, 1.54) is 14.2 Å². The Hall–Kier alpha value is -4.59. The minimum Gasteiger partial charge on any atom is -0.495 e. The van der Waals surface area contributed by atoms with E-state index < -0.39 is 11.5 Å². The fourth-order valence-corrected chi connectivity index (χ4v) is 5.22. The largest absolute Gasteiger partial charge is 0.495 e. The number of aromatic amines is 1. The molecular formula is C31H30Cl2N6O4. The number of fused-ring (bicyclic) bond motifs is 1. The molecule has 0 bridgehead atoms. The number of nitriles is 1. The number of hydrogen-bond acceptors (Lipinski definition) is 8. The van der Waals surface area contributed by atoms with Gasteiger partial charge in [-0.2, -0.15) is 10.2 Å². The highest BCUT2D eigenvalue weighted by Crippen LogP contribution is 2.45. The Morgan fingerprint density at radius 1 is 1.09 bits per heavy atom. The van der Waals surface area contributed by atoms with Gasteiger partial charge < -0.3 is 25.1 Å². The van der Waals surface area contributed by atoms with E-state index >= 15 is 0 Å². The van der Waals surface area contributed by atoms with Gasteiger partial charge in [0.05, 0.1) is 35.5 Å². The predicted molar refractivity (Wildman–Crippen MR) is 169 cm³/mol. The fraction of sp³-hybridized carbons (Fsp3) is 0.258. The van der Waals surface area contributed by atoms with Crippen molar-refractivity contribution in [3.8, 4) is 28.7 Å². The van der Waals surface area contributed by atoms with E-state index in [0.29, 0.717) is 52.7 Å². The van der Waals surface area contributed by atoms with E-state index in [9.17, 15) is 14.9 Å². The maximum absolute atomic E-state index is 13.3. The highest BCUT2D eigenvalue weighted by atomic mass is 35.5. The maximum Gasteiger partial charge on any atom is 0.265 e. The molecule has 222 valence electrons. The standard InChI is InChI=1S/C31H30Cl2N6O4/c1-16(2)11-18(15-34)29(40)36-19-8-6-7-17(12-19)9-10-22-20-13-21(30(41)38-28(20)39-31(35-3)37-22)25-26(32)23(42-4)14-24(43-5)27(25)33/h6-8,11-14,16H,9-10H2,1-5H3,(H,36,40)(H2,35,37,38,39,41). The van der Waals surface area contributed by atoms with Crippen LogP contribution in [0.1, 0.15) is 25.1 Å². The summed E-state index contributed by atoms with van der Waals surface area (Å²) >= 11 is 13.2. The minimum absolute atomic E-state index is 0.0605. The van der Waals surface area contributed by atoms with Crippen molar-refractivity contribution in [2.24, 2.45) is 5.92 Å². The zero-order valence-corrected chi connectivity index (χ0v) is 25.8. The molecule has 4 rings (SSSR count). The second kappa shape index (κ2) is 13.6. The molecule has 4 aromatic rings. The quantitative estimate of drug-likeness (QED) is 0.141. The molecule has 0 aliphatic heterocycles. The van der Waals surface area contributed by atoms with Crippen molar-refractivity contribution in [1.82, 2.24) is 15.0 Å². The fourth-order valence-electron chi connectivity index (χ4n) is 4.52. The highest BCUT2D eigenvalue weighted by molar-refractivity contribution is 6.41. The molecule has 3 N–H and O–H groups in total. The molecule has 12 heteroatoms. The molecule has 0 radical (unpaired) electrons. The van der Waals surface area contributed by atoms with E-state index in [1.54, 1.807) is 31.3 Å². The van der Waals surface area contributed by atoms with Gasteiger partial charge in [-0.15, -0.1) is 0 Å². The summed E-state index contributed by atoms with van der Waals surface area (Å²) < 4.78 is 10.8. The molecule has 0 spiro atoms. The molecule has 1 amide bonds. The first-order chi connectivity index (χ1) is 20.6. The summed E-state index contributed by atoms with van der Waals surface area (Å²) in [5.41, 5.74) is 2.57. The second-order valence-electron chi connectivity index (χ2n) is 9.89. The van der Waals surface area contributed by atoms with Crippen molar-refractivity contribution < 1.29 is 14.3 Å². The first kappa shape index (κ1) is 31.3. The Morgan fingerprint density at radius 2 is 1.79 bits per heavy atom. The van der Waals surface area contributed by atoms with Gasteiger partial charge in [0.2, 0.25) is 5.95 Å². The lowest BCUT2D eigenvalue weighted by molar-refractivity contribution is -0.112. The van der Waals surface area contributed by atoms with Crippen LogP contribution in [0.4, 0.5) is 11.6 Å². The van der Waals surface area contributed by atoms with Crippen LogP contribution in [-0.2, 0) is 17.6 Å². The number of benzene rings is 2. The Morgan fingerprint density at radius 3 is 2.40 bits per heavy atom. The van der Waals surface area contributed by atoms with Crippen LogP contribution in [-0.4, -0.2) is 42.1 Å². The number of pyridine rings is 1. The number of allylic oxidation sites excluding steroid dienone is 1. The van der Waals surface area contributed by atoms with Crippen LogP contribution in [0, 0.1) is 17.2 Å². The highest BCUT2D eigenvalue weighted by Gasteiger charge is 2.22. The van der Waals surface area contributed by atoms with Crippen LogP contribution >= 0.6 is 23.2 Å². The van der Waals surface area contributed by atoms with Gasteiger partial charge in [0, 0.05) is 29.8 Å². The molecule has 0 saturated carbocycles. The van der Waals surface area contributed by atoms with Crippen molar-refractivity contribution in [1.29, 1.82) is 5.26 Å². The van der Waals surface area contributed by atoms with Crippen LogP contribution in [0.3, 0.4) is 0 Å². The number of anilines is 2.